The Morgan fingerprint density at radius 1 is 1.00 bits per heavy atom. The van der Waals surface area contributed by atoms with Crippen LogP contribution >= 0.6 is 0 Å². The normalized spacial score (nSPS) is 12.6. The van der Waals surface area contributed by atoms with Crippen LogP contribution in [0.2, 0.25) is 0 Å². The molecule has 0 heterocycles. The number of rotatable bonds is 12. The van der Waals surface area contributed by atoms with Crippen molar-refractivity contribution in [3.05, 3.63) is 0 Å². The number of hydrogen-bond acceptors (Lipinski definition) is 3. The van der Waals surface area contributed by atoms with E-state index >= 15 is 0 Å². The van der Waals surface area contributed by atoms with Crippen molar-refractivity contribution in [2.75, 3.05) is 39.5 Å². The molecular weight excluding hydrogens is 250 g/mol. The van der Waals surface area contributed by atoms with Crippen molar-refractivity contribution in [2.45, 2.75) is 60.3 Å². The number of aliphatic hydroxyl groups is 1. The molecule has 0 atom stereocenters. The summed E-state index contributed by atoms with van der Waals surface area (Å²) < 4.78 is 5.71. The fraction of sp³-hybridized carbons (Fsp3) is 1.00. The van der Waals surface area contributed by atoms with Crippen LogP contribution in [-0.4, -0.2) is 49.5 Å². The topological polar surface area (TPSA) is 32.7 Å². The lowest BCUT2D eigenvalue weighted by Crippen LogP contribution is -2.31. The lowest BCUT2D eigenvalue weighted by Gasteiger charge is -2.22. The van der Waals surface area contributed by atoms with Crippen LogP contribution in [0.25, 0.3) is 0 Å². The Morgan fingerprint density at radius 2 is 1.70 bits per heavy atom. The summed E-state index contributed by atoms with van der Waals surface area (Å²) in [5.41, 5.74) is 0.406. The first-order valence-corrected chi connectivity index (χ1v) is 8.26. The van der Waals surface area contributed by atoms with E-state index in [4.69, 9.17) is 9.84 Å². The smallest absolute Gasteiger partial charge is 0.0593 e. The van der Waals surface area contributed by atoms with Gasteiger partial charge in [-0.05, 0) is 43.6 Å². The third-order valence-corrected chi connectivity index (χ3v) is 3.44. The molecule has 122 valence electrons. The highest BCUT2D eigenvalue weighted by atomic mass is 16.5. The minimum absolute atomic E-state index is 0.242. The van der Waals surface area contributed by atoms with E-state index in [1.807, 2.05) is 0 Å². The third kappa shape index (κ3) is 14.3. The van der Waals surface area contributed by atoms with Crippen LogP contribution in [0.1, 0.15) is 60.3 Å². The lowest BCUT2D eigenvalue weighted by atomic mass is 9.91. The predicted molar refractivity (Wildman–Crippen MR) is 87.1 cm³/mol. The van der Waals surface area contributed by atoms with Gasteiger partial charge in [0.05, 0.1) is 13.2 Å². The summed E-state index contributed by atoms with van der Waals surface area (Å²) in [6, 6.07) is 0. The zero-order valence-electron chi connectivity index (χ0n) is 14.5. The van der Waals surface area contributed by atoms with Crippen molar-refractivity contribution in [3.63, 3.8) is 0 Å². The van der Waals surface area contributed by atoms with Crippen LogP contribution in [-0.2, 0) is 4.74 Å². The molecule has 0 rings (SSSR count). The molecule has 0 aromatic heterocycles. The van der Waals surface area contributed by atoms with E-state index in [0.29, 0.717) is 5.41 Å². The number of hydrogen-bond donors (Lipinski definition) is 1. The number of nitrogens with zero attached hydrogens (tertiary/aromatic N) is 1. The van der Waals surface area contributed by atoms with Gasteiger partial charge in [-0.25, -0.2) is 0 Å². The molecular formula is C17H37NO2. The zero-order valence-corrected chi connectivity index (χ0v) is 14.5. The van der Waals surface area contributed by atoms with Crippen LogP contribution in [0.5, 0.6) is 0 Å². The predicted octanol–water partition coefficient (Wildman–Crippen LogP) is 3.56. The highest BCUT2D eigenvalue weighted by Crippen LogP contribution is 2.20. The monoisotopic (exact) mass is 287 g/mol. The van der Waals surface area contributed by atoms with Crippen molar-refractivity contribution >= 4 is 0 Å². The average Bonchev–Trinajstić information content (AvgIpc) is 2.31. The minimum Gasteiger partial charge on any atom is -0.395 e. The van der Waals surface area contributed by atoms with Gasteiger partial charge in [-0.2, -0.15) is 0 Å². The quantitative estimate of drug-likeness (QED) is 0.557. The molecule has 0 aliphatic heterocycles. The van der Waals surface area contributed by atoms with Crippen LogP contribution in [0, 0.1) is 11.3 Å². The van der Waals surface area contributed by atoms with Gasteiger partial charge in [0.15, 0.2) is 0 Å². The molecule has 0 saturated heterocycles. The summed E-state index contributed by atoms with van der Waals surface area (Å²) in [7, 11) is 0. The molecule has 0 aliphatic rings. The minimum atomic E-state index is 0.242. The summed E-state index contributed by atoms with van der Waals surface area (Å²) in [5.74, 6) is 0.764. The Balaban J connectivity index is 3.59. The Bertz CT molecular complexity index is 212. The molecule has 20 heavy (non-hydrogen) atoms. The van der Waals surface area contributed by atoms with E-state index < -0.39 is 0 Å². The molecule has 3 heteroatoms. The second kappa shape index (κ2) is 11.5. The van der Waals surface area contributed by atoms with Gasteiger partial charge in [0, 0.05) is 19.7 Å². The molecule has 0 aromatic carbocycles. The lowest BCUT2D eigenvalue weighted by molar-refractivity contribution is 0.0880. The first-order chi connectivity index (χ1) is 9.35. The Hall–Kier alpha value is -0.120. The molecule has 1 N–H and O–H groups in total. The third-order valence-electron chi connectivity index (χ3n) is 3.44. The maximum Gasteiger partial charge on any atom is 0.0593 e. The standard InChI is InChI=1S/C17H37NO2/c1-16(2)8-6-10-18(11-13-19)12-15-20-14-7-9-17(3,4)5/h16,19H,6-15H2,1-5H3. The van der Waals surface area contributed by atoms with Crippen LogP contribution in [0.15, 0.2) is 0 Å². The van der Waals surface area contributed by atoms with Gasteiger partial charge < -0.3 is 9.84 Å². The van der Waals surface area contributed by atoms with E-state index in [2.05, 4.69) is 39.5 Å². The van der Waals surface area contributed by atoms with Crippen LogP contribution in [0.3, 0.4) is 0 Å². The maximum atomic E-state index is 9.09. The van der Waals surface area contributed by atoms with E-state index in [-0.39, 0.29) is 6.61 Å². The van der Waals surface area contributed by atoms with Crippen LogP contribution in [0.4, 0.5) is 0 Å². The molecule has 0 fully saturated rings. The molecule has 0 amide bonds. The number of aliphatic hydroxyl groups excluding tert-OH is 1. The van der Waals surface area contributed by atoms with Crippen molar-refractivity contribution in [1.29, 1.82) is 0 Å². The highest BCUT2D eigenvalue weighted by Gasteiger charge is 2.09. The van der Waals surface area contributed by atoms with Crippen molar-refractivity contribution < 1.29 is 9.84 Å². The SMILES string of the molecule is CC(C)CCCN(CCO)CCOCCCC(C)(C)C. The summed E-state index contributed by atoms with van der Waals surface area (Å²) in [6.07, 6.45) is 4.81. The maximum absolute atomic E-state index is 9.09. The largest absolute Gasteiger partial charge is 0.395 e. The fourth-order valence-electron chi connectivity index (χ4n) is 2.20. The molecule has 0 unspecified atom stereocenters. The van der Waals surface area contributed by atoms with Crippen molar-refractivity contribution in [3.8, 4) is 0 Å². The molecule has 0 spiro atoms. The van der Waals surface area contributed by atoms with Gasteiger partial charge in [-0.1, -0.05) is 34.6 Å². The molecule has 0 bridgehead atoms. The Labute approximate surface area is 126 Å². The first-order valence-electron chi connectivity index (χ1n) is 8.26. The number of ether oxygens (including phenoxy) is 1. The molecule has 0 saturated carbocycles. The summed E-state index contributed by atoms with van der Waals surface area (Å²) >= 11 is 0. The second-order valence-corrected chi connectivity index (χ2v) is 7.38. The van der Waals surface area contributed by atoms with Gasteiger partial charge in [-0.15, -0.1) is 0 Å². The van der Waals surface area contributed by atoms with E-state index in [0.717, 1.165) is 45.2 Å². The summed E-state index contributed by atoms with van der Waals surface area (Å²) in [5, 5.41) is 9.09. The van der Waals surface area contributed by atoms with Gasteiger partial charge in [0.1, 0.15) is 0 Å². The second-order valence-electron chi connectivity index (χ2n) is 7.38. The van der Waals surface area contributed by atoms with Gasteiger partial charge in [0.25, 0.3) is 0 Å². The Kier molecular flexibility index (Phi) is 11.5. The van der Waals surface area contributed by atoms with Crippen LogP contribution < -0.4 is 0 Å². The van der Waals surface area contributed by atoms with Crippen molar-refractivity contribution in [2.24, 2.45) is 11.3 Å². The molecule has 0 radical (unpaired) electrons. The van der Waals surface area contributed by atoms with Gasteiger partial charge >= 0.3 is 0 Å². The zero-order chi connectivity index (χ0) is 15.4. The molecule has 0 aromatic rings. The summed E-state index contributed by atoms with van der Waals surface area (Å²) in [4.78, 5) is 2.31. The van der Waals surface area contributed by atoms with Gasteiger partial charge in [0.2, 0.25) is 0 Å². The van der Waals surface area contributed by atoms with Crippen molar-refractivity contribution in [1.82, 2.24) is 4.90 Å². The molecule has 3 nitrogen and oxygen atoms in total. The van der Waals surface area contributed by atoms with E-state index in [1.165, 1.54) is 19.3 Å². The fourth-order valence-corrected chi connectivity index (χ4v) is 2.20. The Morgan fingerprint density at radius 3 is 2.25 bits per heavy atom. The first kappa shape index (κ1) is 19.9. The van der Waals surface area contributed by atoms with E-state index in [1.54, 1.807) is 0 Å². The van der Waals surface area contributed by atoms with E-state index in [9.17, 15) is 0 Å². The van der Waals surface area contributed by atoms with Gasteiger partial charge in [-0.3, -0.25) is 4.90 Å². The summed E-state index contributed by atoms with van der Waals surface area (Å²) in [6.45, 7) is 16.0. The molecule has 0 aliphatic carbocycles. The average molecular weight is 287 g/mol. The highest BCUT2D eigenvalue weighted by molar-refractivity contribution is 4.61.